The summed E-state index contributed by atoms with van der Waals surface area (Å²) < 4.78 is 42.6. The first-order chi connectivity index (χ1) is 16.7. The first-order valence-electron chi connectivity index (χ1n) is 10.8. The Kier molecular flexibility index (Phi) is 6.14. The van der Waals surface area contributed by atoms with E-state index in [1.807, 2.05) is 12.3 Å². The lowest BCUT2D eigenvalue weighted by atomic mass is 9.60. The fourth-order valence-corrected chi connectivity index (χ4v) is 6.23. The molecule has 0 bridgehead atoms. The van der Waals surface area contributed by atoms with Crippen molar-refractivity contribution in [3.8, 4) is 0 Å². The Morgan fingerprint density at radius 3 is 2.49 bits per heavy atom. The first kappa shape index (κ1) is 24.2. The summed E-state index contributed by atoms with van der Waals surface area (Å²) in [5.74, 6) is -0.930. The van der Waals surface area contributed by atoms with Gasteiger partial charge in [-0.2, -0.15) is 13.2 Å². The summed E-state index contributed by atoms with van der Waals surface area (Å²) in [6.07, 6.45) is -2.41. The number of hydrogen-bond acceptors (Lipinski definition) is 3. The Hall–Kier alpha value is -2.48. The monoisotopic (exact) mass is 534 g/mol. The molecule has 0 saturated heterocycles. The van der Waals surface area contributed by atoms with Gasteiger partial charge in [0.1, 0.15) is 5.41 Å². The Morgan fingerprint density at radius 2 is 1.77 bits per heavy atom. The number of anilines is 1. The van der Waals surface area contributed by atoms with Crippen LogP contribution in [0.15, 0.2) is 71.7 Å². The predicted molar refractivity (Wildman–Crippen MR) is 136 cm³/mol. The summed E-state index contributed by atoms with van der Waals surface area (Å²) >= 11 is 13.9. The van der Waals surface area contributed by atoms with Gasteiger partial charge in [0.2, 0.25) is 5.91 Å². The number of carbonyl (C=O) groups excluding carboxylic acids is 1. The standard InChI is InChI=1S/C26H19Cl2F3N2OS/c1-35-22-13-20(14-5-4-6-15(27)11-14)25(19-10-9-16(28)12-21(19)32-24(25)34)23(33-22)17-7-2-3-8-18(17)26(29,30)31/h2-12,20,23H,13H2,1H3,(H,32,34). The topological polar surface area (TPSA) is 41.5 Å². The number of hydrogen-bond donors (Lipinski definition) is 1. The Morgan fingerprint density at radius 1 is 1.03 bits per heavy atom. The zero-order chi connectivity index (χ0) is 25.0. The fraction of sp³-hybridized carbons (Fsp3) is 0.231. The molecule has 2 aliphatic heterocycles. The molecule has 0 saturated carbocycles. The number of nitrogens with zero attached hydrogens (tertiary/aromatic N) is 1. The second-order valence-electron chi connectivity index (χ2n) is 8.54. The maximum Gasteiger partial charge on any atom is 0.416 e. The molecule has 35 heavy (non-hydrogen) atoms. The van der Waals surface area contributed by atoms with E-state index >= 15 is 0 Å². The first-order valence-corrected chi connectivity index (χ1v) is 12.8. The molecule has 3 unspecified atom stereocenters. The van der Waals surface area contributed by atoms with E-state index in [4.69, 9.17) is 28.2 Å². The van der Waals surface area contributed by atoms with Crippen LogP contribution < -0.4 is 5.32 Å². The number of alkyl halides is 3. The van der Waals surface area contributed by atoms with Crippen LogP contribution in [0.3, 0.4) is 0 Å². The quantitative estimate of drug-likeness (QED) is 0.363. The molecule has 2 aliphatic rings. The number of rotatable bonds is 2. The van der Waals surface area contributed by atoms with Crippen molar-refractivity contribution in [1.29, 1.82) is 0 Å². The molecule has 5 rings (SSSR count). The molecule has 3 aromatic carbocycles. The van der Waals surface area contributed by atoms with Crippen LogP contribution in [0.2, 0.25) is 10.0 Å². The van der Waals surface area contributed by atoms with Crippen LogP contribution in [0, 0.1) is 0 Å². The summed E-state index contributed by atoms with van der Waals surface area (Å²) in [5, 5.41) is 4.45. The van der Waals surface area contributed by atoms with Crippen LogP contribution >= 0.6 is 35.0 Å². The van der Waals surface area contributed by atoms with E-state index in [0.29, 0.717) is 32.8 Å². The minimum absolute atomic E-state index is 0.0452. The highest BCUT2D eigenvalue weighted by molar-refractivity contribution is 8.13. The second-order valence-corrected chi connectivity index (χ2v) is 10.3. The largest absolute Gasteiger partial charge is 0.416 e. The van der Waals surface area contributed by atoms with Crippen molar-refractivity contribution < 1.29 is 18.0 Å². The summed E-state index contributed by atoms with van der Waals surface area (Å²) in [4.78, 5) is 18.8. The van der Waals surface area contributed by atoms with E-state index in [-0.39, 0.29) is 5.56 Å². The lowest BCUT2D eigenvalue weighted by Crippen LogP contribution is -2.48. The van der Waals surface area contributed by atoms with Crippen LogP contribution in [-0.4, -0.2) is 17.2 Å². The molecule has 0 aliphatic carbocycles. The molecule has 3 aromatic rings. The van der Waals surface area contributed by atoms with Gasteiger partial charge in [-0.15, -0.1) is 11.8 Å². The summed E-state index contributed by atoms with van der Waals surface area (Å²) in [7, 11) is 0. The maximum atomic E-state index is 14.2. The molecule has 2 heterocycles. The molecular weight excluding hydrogens is 516 g/mol. The summed E-state index contributed by atoms with van der Waals surface area (Å²) in [6, 6.07) is 16.3. The Balaban J connectivity index is 1.87. The van der Waals surface area contributed by atoms with Crippen LogP contribution in [0.1, 0.15) is 40.6 Å². The molecule has 9 heteroatoms. The molecule has 1 spiro atoms. The molecule has 3 nitrogen and oxygen atoms in total. The van der Waals surface area contributed by atoms with Crippen LogP contribution in [0.25, 0.3) is 0 Å². The third-order valence-corrected chi connectivity index (χ3v) is 7.94. The molecule has 1 N–H and O–H groups in total. The number of benzene rings is 3. The molecule has 0 fully saturated rings. The van der Waals surface area contributed by atoms with Gasteiger partial charge in [0.05, 0.1) is 16.6 Å². The van der Waals surface area contributed by atoms with Gasteiger partial charge in [-0.1, -0.05) is 59.6 Å². The summed E-state index contributed by atoms with van der Waals surface area (Å²) in [5.41, 5.74) is -0.488. The molecular formula is C26H19Cl2F3N2OS. The average Bonchev–Trinajstić information content (AvgIpc) is 3.10. The van der Waals surface area contributed by atoms with Crippen molar-refractivity contribution in [1.82, 2.24) is 0 Å². The van der Waals surface area contributed by atoms with Gasteiger partial charge in [0.15, 0.2) is 0 Å². The number of fused-ring (bicyclic) bond motifs is 2. The average molecular weight is 535 g/mol. The zero-order valence-corrected chi connectivity index (χ0v) is 20.7. The van der Waals surface area contributed by atoms with E-state index in [2.05, 4.69) is 5.32 Å². The Labute approximate surface area is 214 Å². The van der Waals surface area contributed by atoms with Gasteiger partial charge in [-0.3, -0.25) is 9.79 Å². The lowest BCUT2D eigenvalue weighted by Gasteiger charge is -2.45. The molecule has 1 amide bonds. The number of carbonyl (C=O) groups is 1. The van der Waals surface area contributed by atoms with Gasteiger partial charge in [0.25, 0.3) is 0 Å². The zero-order valence-electron chi connectivity index (χ0n) is 18.4. The normalized spacial score (nSPS) is 23.7. The van der Waals surface area contributed by atoms with Crippen LogP contribution in [0.4, 0.5) is 18.9 Å². The number of amides is 1. The van der Waals surface area contributed by atoms with Gasteiger partial charge < -0.3 is 5.32 Å². The Bertz CT molecular complexity index is 1360. The lowest BCUT2D eigenvalue weighted by molar-refractivity contribution is -0.139. The van der Waals surface area contributed by atoms with Crippen LogP contribution in [0.5, 0.6) is 0 Å². The van der Waals surface area contributed by atoms with Crippen molar-refractivity contribution in [3.63, 3.8) is 0 Å². The number of nitrogens with one attached hydrogen (secondary N) is 1. The summed E-state index contributed by atoms with van der Waals surface area (Å²) in [6.45, 7) is 0. The minimum Gasteiger partial charge on any atom is -0.325 e. The van der Waals surface area contributed by atoms with Gasteiger partial charge >= 0.3 is 6.18 Å². The third-order valence-electron chi connectivity index (χ3n) is 6.73. The van der Waals surface area contributed by atoms with Crippen molar-refractivity contribution in [2.75, 3.05) is 11.6 Å². The van der Waals surface area contributed by atoms with E-state index in [1.165, 1.54) is 23.9 Å². The van der Waals surface area contributed by atoms with E-state index in [1.54, 1.807) is 42.5 Å². The highest BCUT2D eigenvalue weighted by Crippen LogP contribution is 2.60. The van der Waals surface area contributed by atoms with Crippen molar-refractivity contribution >= 4 is 51.6 Å². The van der Waals surface area contributed by atoms with Gasteiger partial charge in [-0.05, 0) is 53.3 Å². The highest BCUT2D eigenvalue weighted by atomic mass is 35.5. The predicted octanol–water partition coefficient (Wildman–Crippen LogP) is 7.89. The minimum atomic E-state index is -4.62. The molecule has 3 atom stereocenters. The fourth-order valence-electron chi connectivity index (χ4n) is 5.32. The van der Waals surface area contributed by atoms with Gasteiger partial charge in [0, 0.05) is 28.1 Å². The highest BCUT2D eigenvalue weighted by Gasteiger charge is 2.61. The van der Waals surface area contributed by atoms with E-state index in [0.717, 1.165) is 11.6 Å². The number of aliphatic imine (C=N–C) groups is 1. The smallest absolute Gasteiger partial charge is 0.325 e. The molecule has 0 aromatic heterocycles. The maximum absolute atomic E-state index is 14.2. The SMILES string of the molecule is CSC1=NC(c2ccccc2C(F)(F)F)C2(C(=O)Nc3cc(Cl)ccc32)C(c2cccc(Cl)c2)C1. The number of halogens is 5. The van der Waals surface area contributed by atoms with Crippen LogP contribution in [-0.2, 0) is 16.4 Å². The van der Waals surface area contributed by atoms with Crippen molar-refractivity contribution in [2.24, 2.45) is 4.99 Å². The van der Waals surface area contributed by atoms with Crippen molar-refractivity contribution in [3.05, 3.63) is 99.0 Å². The van der Waals surface area contributed by atoms with E-state index < -0.39 is 35.0 Å². The van der Waals surface area contributed by atoms with E-state index in [9.17, 15) is 18.0 Å². The third kappa shape index (κ3) is 3.94. The van der Waals surface area contributed by atoms with Gasteiger partial charge in [-0.25, -0.2) is 0 Å². The van der Waals surface area contributed by atoms with Crippen molar-refractivity contribution in [2.45, 2.75) is 30.0 Å². The second kappa shape index (κ2) is 8.87. The number of thioether (sulfide) groups is 1. The molecule has 180 valence electrons. The molecule has 0 radical (unpaired) electrons.